The smallest absolute Gasteiger partial charge is 0.338 e. The Morgan fingerprint density at radius 1 is 1.38 bits per heavy atom. The summed E-state index contributed by atoms with van der Waals surface area (Å²) < 4.78 is 5.91. The maximum absolute atomic E-state index is 12.5. The summed E-state index contributed by atoms with van der Waals surface area (Å²) in [6.07, 6.45) is 0. The number of amides is 2. The molecular formula is C18H19N3O3S2. The molecule has 2 aromatic rings. The molecule has 0 spiro atoms. The van der Waals surface area contributed by atoms with Gasteiger partial charge in [-0.1, -0.05) is 42.1 Å². The van der Waals surface area contributed by atoms with Gasteiger partial charge in [0.25, 0.3) is 0 Å². The molecule has 1 N–H and O–H groups in total. The number of aryl methyl sites for hydroxylation is 1. The molecule has 8 heteroatoms. The van der Waals surface area contributed by atoms with Crippen LogP contribution >= 0.6 is 23.1 Å². The molecule has 3 rings (SSSR count). The number of nitrogens with one attached hydrogen (secondary N) is 1. The summed E-state index contributed by atoms with van der Waals surface area (Å²) in [6, 6.07) is 8.62. The number of urea groups is 1. The van der Waals surface area contributed by atoms with Gasteiger partial charge >= 0.3 is 12.0 Å². The third-order valence-electron chi connectivity index (χ3n) is 4.05. The van der Waals surface area contributed by atoms with Gasteiger partial charge in [0.1, 0.15) is 4.34 Å². The molecule has 1 aromatic carbocycles. The zero-order valence-corrected chi connectivity index (χ0v) is 16.3. The normalized spacial score (nSPS) is 17.3. The average Bonchev–Trinajstić information content (AvgIpc) is 3.07. The summed E-state index contributed by atoms with van der Waals surface area (Å²) in [4.78, 5) is 30.9. The SMILES string of the molecule is COC(=O)C1=C(CSc2nc(C)cs2)N(C)C(=O)N[C@@H]1c1ccccc1. The zero-order chi connectivity index (χ0) is 18.7. The van der Waals surface area contributed by atoms with Crippen LogP contribution in [0.5, 0.6) is 0 Å². The minimum absolute atomic E-state index is 0.252. The highest BCUT2D eigenvalue weighted by Crippen LogP contribution is 2.34. The molecule has 1 aliphatic heterocycles. The molecule has 0 saturated carbocycles. The fourth-order valence-electron chi connectivity index (χ4n) is 2.71. The van der Waals surface area contributed by atoms with Crippen molar-refractivity contribution in [1.82, 2.24) is 15.2 Å². The molecule has 2 heterocycles. The van der Waals surface area contributed by atoms with E-state index < -0.39 is 12.0 Å². The molecule has 0 saturated heterocycles. The molecule has 0 unspecified atom stereocenters. The number of carbonyl (C=O) groups excluding carboxylic acids is 2. The van der Waals surface area contributed by atoms with Gasteiger partial charge in [-0.25, -0.2) is 14.6 Å². The monoisotopic (exact) mass is 389 g/mol. The van der Waals surface area contributed by atoms with Gasteiger partial charge in [0.2, 0.25) is 0 Å². The van der Waals surface area contributed by atoms with Gasteiger partial charge in [-0.15, -0.1) is 11.3 Å². The number of thioether (sulfide) groups is 1. The van der Waals surface area contributed by atoms with E-state index in [0.717, 1.165) is 15.6 Å². The molecule has 0 aliphatic carbocycles. The minimum Gasteiger partial charge on any atom is -0.466 e. The largest absolute Gasteiger partial charge is 0.466 e. The standard InChI is InChI=1S/C18H19N3O3S2/c1-11-9-25-18(19-11)26-10-13-14(16(22)24-3)15(20-17(23)21(13)2)12-7-5-4-6-8-12/h4-9,15H,10H2,1-3H3,(H,20,23)/t15-/m1/s1. The van der Waals surface area contributed by atoms with E-state index in [0.29, 0.717) is 17.0 Å². The maximum Gasteiger partial charge on any atom is 0.338 e. The van der Waals surface area contributed by atoms with E-state index >= 15 is 0 Å². The Morgan fingerprint density at radius 2 is 2.12 bits per heavy atom. The van der Waals surface area contributed by atoms with E-state index in [2.05, 4.69) is 10.3 Å². The molecule has 0 bridgehead atoms. The second-order valence-electron chi connectivity index (χ2n) is 5.75. The first-order valence-corrected chi connectivity index (χ1v) is 9.83. The molecule has 136 valence electrons. The lowest BCUT2D eigenvalue weighted by atomic mass is 9.95. The van der Waals surface area contributed by atoms with Gasteiger partial charge in [-0.05, 0) is 12.5 Å². The molecule has 1 aromatic heterocycles. The van der Waals surface area contributed by atoms with E-state index in [-0.39, 0.29) is 6.03 Å². The summed E-state index contributed by atoms with van der Waals surface area (Å²) in [5, 5.41) is 4.86. The van der Waals surface area contributed by atoms with Crippen molar-refractivity contribution in [3.63, 3.8) is 0 Å². The number of hydrogen-bond acceptors (Lipinski definition) is 6. The second kappa shape index (κ2) is 7.92. The highest BCUT2D eigenvalue weighted by molar-refractivity contribution is 8.01. The number of hydrogen-bond donors (Lipinski definition) is 1. The number of ether oxygens (including phenoxy) is 1. The van der Waals surface area contributed by atoms with E-state index in [4.69, 9.17) is 4.74 Å². The predicted octanol–water partition coefficient (Wildman–Crippen LogP) is 3.37. The van der Waals surface area contributed by atoms with Crippen LogP contribution in [0, 0.1) is 6.92 Å². The molecular weight excluding hydrogens is 370 g/mol. The summed E-state index contributed by atoms with van der Waals surface area (Å²) in [5.41, 5.74) is 2.87. The Bertz CT molecular complexity index is 848. The summed E-state index contributed by atoms with van der Waals surface area (Å²) in [6.45, 7) is 1.94. The molecule has 1 atom stereocenters. The number of nitrogens with zero attached hydrogens (tertiary/aromatic N) is 2. The minimum atomic E-state index is -0.541. The van der Waals surface area contributed by atoms with Crippen LogP contribution in [0.4, 0.5) is 4.79 Å². The van der Waals surface area contributed by atoms with Crippen LogP contribution in [0.25, 0.3) is 0 Å². The van der Waals surface area contributed by atoms with Gasteiger partial charge in [-0.3, -0.25) is 4.90 Å². The van der Waals surface area contributed by atoms with Crippen LogP contribution in [-0.4, -0.2) is 41.8 Å². The Hall–Kier alpha value is -2.32. The molecule has 2 amide bonds. The van der Waals surface area contributed by atoms with Crippen molar-refractivity contribution in [3.05, 3.63) is 58.2 Å². The number of carbonyl (C=O) groups is 2. The van der Waals surface area contributed by atoms with Crippen LogP contribution in [0.1, 0.15) is 17.3 Å². The first-order chi connectivity index (χ1) is 12.5. The first-order valence-electron chi connectivity index (χ1n) is 7.96. The fraction of sp³-hybridized carbons (Fsp3) is 0.278. The lowest BCUT2D eigenvalue weighted by molar-refractivity contribution is -0.136. The number of benzene rings is 1. The van der Waals surface area contributed by atoms with Crippen molar-refractivity contribution in [2.24, 2.45) is 0 Å². The van der Waals surface area contributed by atoms with E-state index in [1.54, 1.807) is 18.4 Å². The average molecular weight is 390 g/mol. The highest BCUT2D eigenvalue weighted by Gasteiger charge is 2.36. The number of aromatic nitrogens is 1. The lowest BCUT2D eigenvalue weighted by Crippen LogP contribution is -2.47. The summed E-state index contributed by atoms with van der Waals surface area (Å²) in [7, 11) is 3.01. The molecule has 0 fully saturated rings. The van der Waals surface area contributed by atoms with Crippen LogP contribution in [-0.2, 0) is 9.53 Å². The lowest BCUT2D eigenvalue weighted by Gasteiger charge is -2.34. The number of rotatable bonds is 5. The number of thiazole rings is 1. The van der Waals surface area contributed by atoms with E-state index in [1.807, 2.05) is 42.6 Å². The first kappa shape index (κ1) is 18.5. The molecule has 6 nitrogen and oxygen atoms in total. The summed E-state index contributed by atoms with van der Waals surface area (Å²) in [5.74, 6) is 0.00148. The molecule has 0 radical (unpaired) electrons. The number of methoxy groups -OCH3 is 1. The van der Waals surface area contributed by atoms with Crippen LogP contribution in [0.3, 0.4) is 0 Å². The third kappa shape index (κ3) is 3.76. The van der Waals surface area contributed by atoms with Gasteiger partial charge in [0.15, 0.2) is 0 Å². The Kier molecular flexibility index (Phi) is 5.63. The second-order valence-corrected chi connectivity index (χ2v) is 7.83. The van der Waals surface area contributed by atoms with Crippen molar-refractivity contribution >= 4 is 35.1 Å². The fourth-order valence-corrected chi connectivity index (χ4v) is 4.64. The van der Waals surface area contributed by atoms with Crippen molar-refractivity contribution in [1.29, 1.82) is 0 Å². The maximum atomic E-state index is 12.5. The van der Waals surface area contributed by atoms with Crippen LogP contribution in [0.15, 0.2) is 51.3 Å². The Balaban J connectivity index is 2.01. The zero-order valence-electron chi connectivity index (χ0n) is 14.7. The van der Waals surface area contributed by atoms with Crippen molar-refractivity contribution in [2.75, 3.05) is 19.9 Å². The van der Waals surface area contributed by atoms with Gasteiger partial charge < -0.3 is 10.1 Å². The summed E-state index contributed by atoms with van der Waals surface area (Å²) >= 11 is 3.05. The van der Waals surface area contributed by atoms with Crippen LogP contribution < -0.4 is 5.32 Å². The topological polar surface area (TPSA) is 71.5 Å². The van der Waals surface area contributed by atoms with E-state index in [1.165, 1.54) is 23.8 Å². The van der Waals surface area contributed by atoms with Crippen molar-refractivity contribution < 1.29 is 14.3 Å². The van der Waals surface area contributed by atoms with Gasteiger partial charge in [0.05, 0.1) is 18.7 Å². The molecule has 26 heavy (non-hydrogen) atoms. The van der Waals surface area contributed by atoms with Crippen molar-refractivity contribution in [3.8, 4) is 0 Å². The van der Waals surface area contributed by atoms with E-state index in [9.17, 15) is 9.59 Å². The third-order valence-corrected chi connectivity index (χ3v) is 6.20. The van der Waals surface area contributed by atoms with Crippen molar-refractivity contribution in [2.45, 2.75) is 17.3 Å². The van der Waals surface area contributed by atoms with Gasteiger partial charge in [-0.2, -0.15) is 0 Å². The highest BCUT2D eigenvalue weighted by atomic mass is 32.2. The Labute approximate surface area is 160 Å². The van der Waals surface area contributed by atoms with Gasteiger partial charge in [0, 0.05) is 29.6 Å². The quantitative estimate of drug-likeness (QED) is 0.627. The Morgan fingerprint density at radius 3 is 2.73 bits per heavy atom. The number of esters is 1. The predicted molar refractivity (Wildman–Crippen MR) is 102 cm³/mol. The van der Waals surface area contributed by atoms with Crippen LogP contribution in [0.2, 0.25) is 0 Å². The molecule has 1 aliphatic rings.